The standard InChI is InChI=1S/C13H17N7O3/c1-8(10-5-4-9(22-2)6-11(10)23-3)15-16-12(21)7-20-18-13(14)17-19-20/h4-6H,7H2,1-3H3,(H2,14,18)(H,16,21)/b15-8-. The van der Waals surface area contributed by atoms with Crippen LogP contribution in [0.4, 0.5) is 5.95 Å². The van der Waals surface area contributed by atoms with E-state index in [1.165, 1.54) is 0 Å². The molecule has 2 aromatic rings. The van der Waals surface area contributed by atoms with Crippen molar-refractivity contribution in [2.75, 3.05) is 20.0 Å². The monoisotopic (exact) mass is 319 g/mol. The van der Waals surface area contributed by atoms with Gasteiger partial charge >= 0.3 is 0 Å². The Balaban J connectivity index is 2.06. The van der Waals surface area contributed by atoms with Crippen LogP contribution in [0.2, 0.25) is 0 Å². The normalized spacial score (nSPS) is 11.2. The van der Waals surface area contributed by atoms with Gasteiger partial charge in [-0.15, -0.1) is 5.10 Å². The molecule has 1 aromatic heterocycles. The number of carbonyl (C=O) groups is 1. The number of hydrazone groups is 1. The molecule has 10 heteroatoms. The van der Waals surface area contributed by atoms with Crippen molar-refractivity contribution in [1.82, 2.24) is 25.6 Å². The van der Waals surface area contributed by atoms with Gasteiger partial charge in [-0.3, -0.25) is 4.79 Å². The third kappa shape index (κ3) is 4.15. The molecule has 0 atom stereocenters. The van der Waals surface area contributed by atoms with Crippen LogP contribution < -0.4 is 20.6 Å². The predicted octanol–water partition coefficient (Wildman–Crippen LogP) is -0.187. The van der Waals surface area contributed by atoms with E-state index in [-0.39, 0.29) is 12.5 Å². The molecular weight excluding hydrogens is 302 g/mol. The first-order valence-electron chi connectivity index (χ1n) is 6.62. The SMILES string of the molecule is COc1ccc(/C(C)=N\NC(=O)Cn2nnc(N)n2)c(OC)c1. The number of tetrazole rings is 1. The van der Waals surface area contributed by atoms with Crippen LogP contribution in [0, 0.1) is 0 Å². The van der Waals surface area contributed by atoms with Crippen molar-refractivity contribution in [2.45, 2.75) is 13.5 Å². The highest BCUT2D eigenvalue weighted by atomic mass is 16.5. The molecule has 0 spiro atoms. The van der Waals surface area contributed by atoms with Crippen molar-refractivity contribution in [3.8, 4) is 11.5 Å². The highest BCUT2D eigenvalue weighted by molar-refractivity contribution is 6.01. The molecule has 0 fully saturated rings. The number of nitrogens with zero attached hydrogens (tertiary/aromatic N) is 5. The van der Waals surface area contributed by atoms with E-state index in [2.05, 4.69) is 25.9 Å². The average molecular weight is 319 g/mol. The van der Waals surface area contributed by atoms with E-state index >= 15 is 0 Å². The van der Waals surface area contributed by atoms with Gasteiger partial charge in [-0.1, -0.05) is 5.10 Å². The van der Waals surface area contributed by atoms with Gasteiger partial charge in [-0.05, 0) is 24.3 Å². The Labute approximate surface area is 132 Å². The second-order valence-corrected chi connectivity index (χ2v) is 4.48. The third-order valence-electron chi connectivity index (χ3n) is 2.90. The lowest BCUT2D eigenvalue weighted by Crippen LogP contribution is -2.25. The summed E-state index contributed by atoms with van der Waals surface area (Å²) >= 11 is 0. The number of nitrogens with two attached hydrogens (primary N) is 1. The van der Waals surface area contributed by atoms with Gasteiger partial charge in [0.1, 0.15) is 18.0 Å². The highest BCUT2D eigenvalue weighted by Gasteiger charge is 2.09. The molecule has 23 heavy (non-hydrogen) atoms. The van der Waals surface area contributed by atoms with Crippen molar-refractivity contribution in [3.05, 3.63) is 23.8 Å². The van der Waals surface area contributed by atoms with Gasteiger partial charge in [-0.25, -0.2) is 5.43 Å². The maximum absolute atomic E-state index is 11.8. The van der Waals surface area contributed by atoms with E-state index in [0.29, 0.717) is 17.2 Å². The van der Waals surface area contributed by atoms with E-state index in [4.69, 9.17) is 15.2 Å². The topological polar surface area (TPSA) is 130 Å². The molecule has 1 amide bonds. The fourth-order valence-corrected chi connectivity index (χ4v) is 1.79. The van der Waals surface area contributed by atoms with Crippen LogP contribution in [0.5, 0.6) is 11.5 Å². The van der Waals surface area contributed by atoms with Gasteiger partial charge in [0.25, 0.3) is 11.9 Å². The van der Waals surface area contributed by atoms with Crippen LogP contribution in [0.3, 0.4) is 0 Å². The Kier molecular flexibility index (Phi) is 5.07. The van der Waals surface area contributed by atoms with Gasteiger partial charge in [0.2, 0.25) is 0 Å². The van der Waals surface area contributed by atoms with E-state index < -0.39 is 5.91 Å². The second kappa shape index (κ2) is 7.20. The van der Waals surface area contributed by atoms with Gasteiger partial charge < -0.3 is 15.2 Å². The Morgan fingerprint density at radius 2 is 2.17 bits per heavy atom. The summed E-state index contributed by atoms with van der Waals surface area (Å²) in [6.07, 6.45) is 0. The van der Waals surface area contributed by atoms with Crippen LogP contribution >= 0.6 is 0 Å². The average Bonchev–Trinajstić information content (AvgIpc) is 2.96. The smallest absolute Gasteiger partial charge is 0.263 e. The maximum Gasteiger partial charge on any atom is 0.263 e. The summed E-state index contributed by atoms with van der Waals surface area (Å²) in [5.74, 6) is 0.845. The minimum atomic E-state index is -0.408. The molecule has 2 rings (SSSR count). The van der Waals surface area contributed by atoms with E-state index in [9.17, 15) is 4.79 Å². The summed E-state index contributed by atoms with van der Waals surface area (Å²) in [6.45, 7) is 1.61. The molecule has 1 aromatic carbocycles. The zero-order valence-electron chi connectivity index (χ0n) is 13.0. The van der Waals surface area contributed by atoms with Crippen LogP contribution in [0.15, 0.2) is 23.3 Å². The lowest BCUT2D eigenvalue weighted by molar-refractivity contribution is -0.122. The molecule has 0 unspecified atom stereocenters. The summed E-state index contributed by atoms with van der Waals surface area (Å²) < 4.78 is 10.4. The van der Waals surface area contributed by atoms with Crippen molar-refractivity contribution >= 4 is 17.6 Å². The quantitative estimate of drug-likeness (QED) is 0.557. The number of amides is 1. The summed E-state index contributed by atoms with van der Waals surface area (Å²) in [6, 6.07) is 5.31. The molecule has 3 N–H and O–H groups in total. The first-order valence-corrected chi connectivity index (χ1v) is 6.62. The number of nitrogen functional groups attached to an aromatic ring is 1. The number of hydrogen-bond donors (Lipinski definition) is 2. The predicted molar refractivity (Wildman–Crippen MR) is 82.1 cm³/mol. The molecule has 10 nitrogen and oxygen atoms in total. The van der Waals surface area contributed by atoms with Crippen LogP contribution in [0.25, 0.3) is 0 Å². The summed E-state index contributed by atoms with van der Waals surface area (Å²) in [7, 11) is 3.12. The van der Waals surface area contributed by atoms with Crippen LogP contribution in [-0.4, -0.2) is 46.0 Å². The summed E-state index contributed by atoms with van der Waals surface area (Å²) in [5.41, 5.74) is 9.04. The molecule has 0 aliphatic carbocycles. The Bertz CT molecular complexity index is 726. The Hall–Kier alpha value is -3.17. The highest BCUT2D eigenvalue weighted by Crippen LogP contribution is 2.24. The number of hydrogen-bond acceptors (Lipinski definition) is 8. The largest absolute Gasteiger partial charge is 0.497 e. The van der Waals surface area contributed by atoms with Gasteiger partial charge in [0, 0.05) is 11.6 Å². The molecule has 1 heterocycles. The Morgan fingerprint density at radius 3 is 2.78 bits per heavy atom. The third-order valence-corrected chi connectivity index (χ3v) is 2.90. The van der Waals surface area contributed by atoms with Crippen molar-refractivity contribution < 1.29 is 14.3 Å². The molecule has 122 valence electrons. The zero-order valence-corrected chi connectivity index (χ0v) is 13.0. The first kappa shape index (κ1) is 16.2. The van der Waals surface area contributed by atoms with Crippen LogP contribution in [0.1, 0.15) is 12.5 Å². The molecule has 0 radical (unpaired) electrons. The molecule has 0 saturated heterocycles. The first-order chi connectivity index (χ1) is 11.0. The second-order valence-electron chi connectivity index (χ2n) is 4.48. The molecular formula is C13H17N7O3. The Morgan fingerprint density at radius 1 is 1.39 bits per heavy atom. The van der Waals surface area contributed by atoms with E-state index in [1.807, 2.05) is 0 Å². The van der Waals surface area contributed by atoms with Gasteiger partial charge in [0.15, 0.2) is 0 Å². The number of anilines is 1. The summed E-state index contributed by atoms with van der Waals surface area (Å²) in [4.78, 5) is 12.8. The minimum absolute atomic E-state index is 0.000418. The van der Waals surface area contributed by atoms with Crippen molar-refractivity contribution in [1.29, 1.82) is 0 Å². The number of nitrogens with one attached hydrogen (secondary N) is 1. The lowest BCUT2D eigenvalue weighted by atomic mass is 10.1. The molecule has 0 saturated carbocycles. The minimum Gasteiger partial charge on any atom is -0.497 e. The number of aromatic nitrogens is 4. The van der Waals surface area contributed by atoms with Crippen molar-refractivity contribution in [2.24, 2.45) is 5.10 Å². The van der Waals surface area contributed by atoms with Gasteiger partial charge in [-0.2, -0.15) is 9.90 Å². The fourth-order valence-electron chi connectivity index (χ4n) is 1.79. The molecule has 0 aliphatic rings. The number of benzene rings is 1. The number of methoxy groups -OCH3 is 2. The summed E-state index contributed by atoms with van der Waals surface area (Å²) in [5, 5.41) is 14.8. The van der Waals surface area contributed by atoms with Crippen molar-refractivity contribution in [3.63, 3.8) is 0 Å². The molecule has 0 aliphatic heterocycles. The van der Waals surface area contributed by atoms with E-state index in [0.717, 1.165) is 10.4 Å². The lowest BCUT2D eigenvalue weighted by Gasteiger charge is -2.10. The molecule has 0 bridgehead atoms. The van der Waals surface area contributed by atoms with Crippen LogP contribution in [-0.2, 0) is 11.3 Å². The maximum atomic E-state index is 11.8. The number of rotatable bonds is 6. The fraction of sp³-hybridized carbons (Fsp3) is 0.308. The van der Waals surface area contributed by atoms with Gasteiger partial charge in [0.05, 0.1) is 19.9 Å². The number of carbonyl (C=O) groups excluding carboxylic acids is 1. The van der Waals surface area contributed by atoms with E-state index in [1.54, 1.807) is 39.3 Å². The zero-order chi connectivity index (χ0) is 16.8. The number of ether oxygens (including phenoxy) is 2.